The van der Waals surface area contributed by atoms with Gasteiger partial charge in [-0.3, -0.25) is 19.7 Å². The van der Waals surface area contributed by atoms with Gasteiger partial charge in [-0.1, -0.05) is 13.8 Å². The monoisotopic (exact) mass is 280 g/mol. The number of carbonyl (C=O) groups excluding carboxylic acids is 2. The highest BCUT2D eigenvalue weighted by atomic mass is 16.4. The number of nitrogens with zero attached hydrogens (tertiary/aromatic N) is 3. The fraction of sp³-hybridized carbons (Fsp3) is 0.500. The molecule has 0 spiro atoms. The fourth-order valence-electron chi connectivity index (χ4n) is 2.29. The van der Waals surface area contributed by atoms with Crippen molar-refractivity contribution in [2.45, 2.75) is 13.8 Å². The van der Waals surface area contributed by atoms with Gasteiger partial charge in [0, 0.05) is 19.5 Å². The number of anilines is 2. The van der Waals surface area contributed by atoms with Crippen molar-refractivity contribution in [3.05, 3.63) is 6.20 Å². The summed E-state index contributed by atoms with van der Waals surface area (Å²) in [5, 5.41) is 15.1. The maximum atomic E-state index is 12.4. The summed E-state index contributed by atoms with van der Waals surface area (Å²) in [5.41, 5.74) is -0.601. The van der Waals surface area contributed by atoms with E-state index in [1.165, 1.54) is 15.8 Å². The summed E-state index contributed by atoms with van der Waals surface area (Å²) >= 11 is 0. The molecule has 1 unspecified atom stereocenters. The van der Waals surface area contributed by atoms with Crippen LogP contribution in [0.2, 0.25) is 0 Å². The van der Waals surface area contributed by atoms with Crippen LogP contribution in [0.15, 0.2) is 6.20 Å². The number of carboxylic acid groups (broad SMARTS) is 1. The van der Waals surface area contributed by atoms with Gasteiger partial charge in [-0.25, -0.2) is 4.79 Å². The van der Waals surface area contributed by atoms with Crippen molar-refractivity contribution in [2.24, 2.45) is 18.4 Å². The Hall–Kier alpha value is -2.38. The van der Waals surface area contributed by atoms with Crippen LogP contribution >= 0.6 is 0 Å². The Morgan fingerprint density at radius 2 is 2.25 bits per heavy atom. The molecule has 108 valence electrons. The van der Waals surface area contributed by atoms with E-state index in [-0.39, 0.29) is 24.0 Å². The molecule has 1 aromatic heterocycles. The highest BCUT2D eigenvalue weighted by Crippen LogP contribution is 2.39. The maximum Gasteiger partial charge on any atom is 0.409 e. The minimum Gasteiger partial charge on any atom is -0.465 e. The van der Waals surface area contributed by atoms with E-state index in [0.29, 0.717) is 0 Å². The number of aldehydes is 1. The molecule has 0 aromatic carbocycles. The number of aryl methyl sites for hydroxylation is 1. The number of carbonyl (C=O) groups is 3. The third-order valence-corrected chi connectivity index (χ3v) is 3.57. The summed E-state index contributed by atoms with van der Waals surface area (Å²) in [6.07, 6.45) is 0.987. The van der Waals surface area contributed by atoms with Crippen molar-refractivity contribution in [2.75, 3.05) is 16.8 Å². The molecule has 1 aliphatic rings. The average Bonchev–Trinajstić information content (AvgIpc) is 2.78. The molecule has 0 bridgehead atoms. The number of rotatable bonds is 3. The average molecular weight is 280 g/mol. The van der Waals surface area contributed by atoms with E-state index in [9.17, 15) is 14.4 Å². The van der Waals surface area contributed by atoms with Gasteiger partial charge in [-0.05, 0) is 0 Å². The number of hydrogen-bond donors (Lipinski definition) is 2. The normalized spacial score (nSPS) is 21.1. The third kappa shape index (κ3) is 2.13. The molecule has 0 radical (unpaired) electrons. The van der Waals surface area contributed by atoms with Crippen molar-refractivity contribution < 1.29 is 19.5 Å². The van der Waals surface area contributed by atoms with Crippen LogP contribution in [0.1, 0.15) is 13.8 Å². The predicted molar refractivity (Wildman–Crippen MR) is 70.5 cm³/mol. The van der Waals surface area contributed by atoms with E-state index in [1.54, 1.807) is 20.9 Å². The molecule has 0 saturated carbocycles. The summed E-state index contributed by atoms with van der Waals surface area (Å²) in [4.78, 5) is 35.6. The van der Waals surface area contributed by atoms with E-state index in [4.69, 9.17) is 5.11 Å². The van der Waals surface area contributed by atoms with Gasteiger partial charge in [0.2, 0.25) is 5.91 Å². The molecule has 1 fully saturated rings. The number of amides is 2. The van der Waals surface area contributed by atoms with Crippen LogP contribution in [0.3, 0.4) is 0 Å². The minimum atomic E-state index is -1.24. The number of hydrogen-bond acceptors (Lipinski definition) is 4. The van der Waals surface area contributed by atoms with Crippen LogP contribution in [0.5, 0.6) is 0 Å². The first kappa shape index (κ1) is 14.0. The Morgan fingerprint density at radius 1 is 1.60 bits per heavy atom. The van der Waals surface area contributed by atoms with E-state index < -0.39 is 17.4 Å². The third-order valence-electron chi connectivity index (χ3n) is 3.57. The minimum absolute atomic E-state index is 0.195. The molecule has 1 atom stereocenters. The topological polar surface area (TPSA) is 105 Å². The largest absolute Gasteiger partial charge is 0.465 e. The Bertz CT molecular complexity index is 578. The van der Waals surface area contributed by atoms with Crippen molar-refractivity contribution >= 4 is 29.8 Å². The van der Waals surface area contributed by atoms with Crippen LogP contribution in [0.4, 0.5) is 16.3 Å². The first-order valence-corrected chi connectivity index (χ1v) is 6.08. The first-order valence-electron chi connectivity index (χ1n) is 6.08. The summed E-state index contributed by atoms with van der Waals surface area (Å²) in [7, 11) is 1.62. The molecule has 8 heteroatoms. The van der Waals surface area contributed by atoms with Crippen molar-refractivity contribution in [1.29, 1.82) is 0 Å². The SMILES string of the molecule is Cn1cc(NC(=O)O)c(N2CC(C=O)C(C)(C)C2=O)n1. The van der Waals surface area contributed by atoms with Crippen LogP contribution < -0.4 is 10.2 Å². The summed E-state index contributed by atoms with van der Waals surface area (Å²) in [5.74, 6) is -0.478. The molecule has 1 saturated heterocycles. The van der Waals surface area contributed by atoms with Crippen LogP contribution in [-0.4, -0.2) is 39.7 Å². The molecular formula is C12H16N4O4. The highest BCUT2D eigenvalue weighted by Gasteiger charge is 2.48. The van der Waals surface area contributed by atoms with E-state index in [0.717, 1.165) is 6.29 Å². The summed E-state index contributed by atoms with van der Waals surface area (Å²) < 4.78 is 1.41. The highest BCUT2D eigenvalue weighted by molar-refractivity contribution is 6.04. The van der Waals surface area contributed by atoms with Crippen molar-refractivity contribution in [3.8, 4) is 0 Å². The maximum absolute atomic E-state index is 12.4. The van der Waals surface area contributed by atoms with Gasteiger partial charge in [0.15, 0.2) is 5.82 Å². The van der Waals surface area contributed by atoms with Gasteiger partial charge < -0.3 is 9.90 Å². The fourth-order valence-corrected chi connectivity index (χ4v) is 2.29. The number of nitrogens with one attached hydrogen (secondary N) is 1. The van der Waals surface area contributed by atoms with E-state index >= 15 is 0 Å². The van der Waals surface area contributed by atoms with Gasteiger partial charge in [0.1, 0.15) is 12.0 Å². The lowest BCUT2D eigenvalue weighted by molar-refractivity contribution is -0.127. The Kier molecular flexibility index (Phi) is 3.24. The molecular weight excluding hydrogens is 264 g/mol. The van der Waals surface area contributed by atoms with Gasteiger partial charge >= 0.3 is 6.09 Å². The first-order chi connectivity index (χ1) is 9.27. The van der Waals surface area contributed by atoms with Gasteiger partial charge in [-0.2, -0.15) is 5.10 Å². The second-order valence-electron chi connectivity index (χ2n) is 5.35. The van der Waals surface area contributed by atoms with E-state index in [1.807, 2.05) is 0 Å². The zero-order valence-corrected chi connectivity index (χ0v) is 11.5. The zero-order chi connectivity index (χ0) is 15.1. The van der Waals surface area contributed by atoms with Gasteiger partial charge in [-0.15, -0.1) is 0 Å². The molecule has 0 aliphatic carbocycles. The summed E-state index contributed by atoms with van der Waals surface area (Å²) in [6, 6.07) is 0. The Morgan fingerprint density at radius 3 is 2.75 bits per heavy atom. The van der Waals surface area contributed by atoms with Crippen molar-refractivity contribution in [1.82, 2.24) is 9.78 Å². The standard InChI is InChI=1S/C12H16N4O4/c1-12(2)7(6-17)4-16(10(12)18)9-8(13-11(19)20)5-15(3)14-9/h5-7,13H,4H2,1-3H3,(H,19,20). The smallest absolute Gasteiger partial charge is 0.409 e. The number of aromatic nitrogens is 2. The second kappa shape index (κ2) is 4.62. The lowest BCUT2D eigenvalue weighted by Gasteiger charge is -2.19. The Labute approximate surface area is 115 Å². The molecule has 20 heavy (non-hydrogen) atoms. The van der Waals surface area contributed by atoms with Crippen molar-refractivity contribution in [3.63, 3.8) is 0 Å². The molecule has 2 amide bonds. The van der Waals surface area contributed by atoms with Crippen LogP contribution in [0.25, 0.3) is 0 Å². The second-order valence-corrected chi connectivity index (χ2v) is 5.35. The molecule has 2 heterocycles. The van der Waals surface area contributed by atoms with Gasteiger partial charge in [0.25, 0.3) is 0 Å². The lowest BCUT2D eigenvalue weighted by atomic mass is 9.82. The Balaban J connectivity index is 2.40. The predicted octanol–water partition coefficient (Wildman–Crippen LogP) is 0.698. The molecule has 8 nitrogen and oxygen atoms in total. The van der Waals surface area contributed by atoms with Crippen LogP contribution in [0, 0.1) is 11.3 Å². The molecule has 2 N–H and O–H groups in total. The summed E-state index contributed by atoms with van der Waals surface area (Å²) in [6.45, 7) is 3.59. The van der Waals surface area contributed by atoms with Gasteiger partial charge in [0.05, 0.1) is 11.6 Å². The molecule has 1 aromatic rings. The lowest BCUT2D eigenvalue weighted by Crippen LogP contribution is -2.32. The quantitative estimate of drug-likeness (QED) is 0.793. The zero-order valence-electron chi connectivity index (χ0n) is 11.5. The molecule has 1 aliphatic heterocycles. The van der Waals surface area contributed by atoms with Crippen LogP contribution in [-0.2, 0) is 16.6 Å². The van der Waals surface area contributed by atoms with E-state index in [2.05, 4.69) is 10.4 Å². The molecule has 2 rings (SSSR count).